The Bertz CT molecular complexity index is 293. The summed E-state index contributed by atoms with van der Waals surface area (Å²) >= 11 is 0. The molecule has 1 rings (SSSR count). The van der Waals surface area contributed by atoms with Crippen molar-refractivity contribution >= 4 is 11.8 Å². The highest BCUT2D eigenvalue weighted by molar-refractivity contribution is 5.83. The van der Waals surface area contributed by atoms with Crippen LogP contribution in [0.5, 0.6) is 0 Å². The zero-order valence-corrected chi connectivity index (χ0v) is 10.5. The van der Waals surface area contributed by atoms with E-state index in [4.69, 9.17) is 11.5 Å². The molecule has 1 saturated carbocycles. The number of unbranched alkanes of at least 4 members (excludes halogenated alkanes) is 1. The molecule has 0 spiro atoms. The molecule has 5 heteroatoms. The van der Waals surface area contributed by atoms with Gasteiger partial charge in [-0.3, -0.25) is 9.59 Å². The molecule has 5 N–H and O–H groups in total. The van der Waals surface area contributed by atoms with E-state index in [0.717, 1.165) is 32.1 Å². The SMILES string of the molecule is CC1(C(=O)NCCCCC(N)=O)CCCC1N. The number of nitrogens with one attached hydrogen (secondary N) is 1. The van der Waals surface area contributed by atoms with E-state index in [9.17, 15) is 9.59 Å². The van der Waals surface area contributed by atoms with Gasteiger partial charge >= 0.3 is 0 Å². The molecule has 5 nitrogen and oxygen atoms in total. The topological polar surface area (TPSA) is 98.2 Å². The number of nitrogens with two attached hydrogens (primary N) is 2. The van der Waals surface area contributed by atoms with Gasteiger partial charge in [0.15, 0.2) is 0 Å². The normalized spacial score (nSPS) is 28.0. The number of hydrogen-bond donors (Lipinski definition) is 3. The molecular weight excluding hydrogens is 218 g/mol. The third-order valence-corrected chi connectivity index (χ3v) is 3.68. The molecule has 0 bridgehead atoms. The maximum atomic E-state index is 12.0. The standard InChI is InChI=1S/C12H23N3O2/c1-12(7-4-5-9(12)13)11(17)15-8-3-2-6-10(14)16/h9H,2-8,13H2,1H3,(H2,14,16)(H,15,17). The quantitative estimate of drug-likeness (QED) is 0.582. The van der Waals surface area contributed by atoms with Gasteiger partial charge in [0.05, 0.1) is 5.41 Å². The number of hydrogen-bond acceptors (Lipinski definition) is 3. The van der Waals surface area contributed by atoms with Gasteiger partial charge in [-0.15, -0.1) is 0 Å². The molecule has 0 saturated heterocycles. The summed E-state index contributed by atoms with van der Waals surface area (Å²) in [4.78, 5) is 22.5. The molecule has 0 aliphatic heterocycles. The molecule has 0 heterocycles. The first-order valence-electron chi connectivity index (χ1n) is 6.29. The predicted molar refractivity (Wildman–Crippen MR) is 66.0 cm³/mol. The lowest BCUT2D eigenvalue weighted by Crippen LogP contribution is -2.47. The lowest BCUT2D eigenvalue weighted by molar-refractivity contribution is -0.130. The molecule has 1 aliphatic carbocycles. The Morgan fingerprint density at radius 2 is 2.12 bits per heavy atom. The fraction of sp³-hybridized carbons (Fsp3) is 0.833. The third kappa shape index (κ3) is 3.70. The zero-order chi connectivity index (χ0) is 12.9. The van der Waals surface area contributed by atoms with Crippen LogP contribution in [-0.4, -0.2) is 24.4 Å². The van der Waals surface area contributed by atoms with Crippen molar-refractivity contribution in [2.45, 2.75) is 51.5 Å². The molecule has 17 heavy (non-hydrogen) atoms. The molecule has 1 aliphatic rings. The highest BCUT2D eigenvalue weighted by Crippen LogP contribution is 2.36. The molecule has 0 radical (unpaired) electrons. The van der Waals surface area contributed by atoms with Crippen LogP contribution in [0.3, 0.4) is 0 Å². The lowest BCUT2D eigenvalue weighted by Gasteiger charge is -2.27. The number of primary amides is 1. The van der Waals surface area contributed by atoms with Crippen LogP contribution in [0.1, 0.15) is 45.4 Å². The van der Waals surface area contributed by atoms with Gasteiger partial charge in [0.25, 0.3) is 0 Å². The second kappa shape index (κ2) is 6.00. The summed E-state index contributed by atoms with van der Waals surface area (Å²) in [5.74, 6) is -0.248. The van der Waals surface area contributed by atoms with E-state index in [1.807, 2.05) is 6.92 Å². The van der Waals surface area contributed by atoms with Crippen LogP contribution < -0.4 is 16.8 Å². The van der Waals surface area contributed by atoms with Gasteiger partial charge in [-0.2, -0.15) is 0 Å². The van der Waals surface area contributed by atoms with Crippen molar-refractivity contribution in [3.63, 3.8) is 0 Å². The monoisotopic (exact) mass is 241 g/mol. The summed E-state index contributed by atoms with van der Waals surface area (Å²) in [5.41, 5.74) is 10.6. The van der Waals surface area contributed by atoms with Crippen LogP contribution in [0.4, 0.5) is 0 Å². The Hall–Kier alpha value is -1.10. The minimum Gasteiger partial charge on any atom is -0.370 e. The molecule has 2 atom stereocenters. The molecule has 0 aromatic heterocycles. The van der Waals surface area contributed by atoms with E-state index in [0.29, 0.717) is 13.0 Å². The minimum absolute atomic E-state index is 0.0341. The number of rotatable bonds is 6. The van der Waals surface area contributed by atoms with E-state index < -0.39 is 5.41 Å². The summed E-state index contributed by atoms with van der Waals surface area (Å²) in [6, 6.07) is -0.0341. The van der Waals surface area contributed by atoms with Gasteiger partial charge in [-0.25, -0.2) is 0 Å². The van der Waals surface area contributed by atoms with Gasteiger partial charge in [-0.05, 0) is 32.6 Å². The van der Waals surface area contributed by atoms with Crippen LogP contribution >= 0.6 is 0 Å². The van der Waals surface area contributed by atoms with Gasteiger partial charge in [0.1, 0.15) is 0 Å². The Morgan fingerprint density at radius 3 is 2.65 bits per heavy atom. The summed E-state index contributed by atoms with van der Waals surface area (Å²) in [5, 5.41) is 2.90. The van der Waals surface area contributed by atoms with Crippen molar-refractivity contribution in [3.05, 3.63) is 0 Å². The summed E-state index contributed by atoms with van der Waals surface area (Å²) in [6.07, 6.45) is 4.69. The van der Waals surface area contributed by atoms with E-state index in [1.165, 1.54) is 0 Å². The first-order valence-corrected chi connectivity index (χ1v) is 6.29. The van der Waals surface area contributed by atoms with E-state index in [1.54, 1.807) is 0 Å². The Kier molecular flexibility index (Phi) is 4.93. The van der Waals surface area contributed by atoms with Gasteiger partial charge in [-0.1, -0.05) is 6.42 Å². The summed E-state index contributed by atoms with van der Waals surface area (Å²) in [7, 11) is 0. The van der Waals surface area contributed by atoms with Crippen LogP contribution in [0.15, 0.2) is 0 Å². The fourth-order valence-electron chi connectivity index (χ4n) is 2.30. The second-order valence-corrected chi connectivity index (χ2v) is 5.10. The maximum absolute atomic E-state index is 12.0. The van der Waals surface area contributed by atoms with Gasteiger partial charge < -0.3 is 16.8 Å². The first kappa shape index (κ1) is 14.0. The second-order valence-electron chi connectivity index (χ2n) is 5.10. The van der Waals surface area contributed by atoms with Crippen molar-refractivity contribution in [1.82, 2.24) is 5.32 Å². The van der Waals surface area contributed by atoms with Crippen LogP contribution in [0.2, 0.25) is 0 Å². The van der Waals surface area contributed by atoms with E-state index in [-0.39, 0.29) is 17.9 Å². The van der Waals surface area contributed by atoms with Crippen LogP contribution in [0.25, 0.3) is 0 Å². The minimum atomic E-state index is -0.413. The number of amides is 2. The number of carbonyl (C=O) groups excluding carboxylic acids is 2. The van der Waals surface area contributed by atoms with E-state index in [2.05, 4.69) is 5.32 Å². The highest BCUT2D eigenvalue weighted by atomic mass is 16.2. The molecule has 2 unspecified atom stereocenters. The summed E-state index contributed by atoms with van der Waals surface area (Å²) < 4.78 is 0. The van der Waals surface area contributed by atoms with Crippen molar-refractivity contribution in [3.8, 4) is 0 Å². The van der Waals surface area contributed by atoms with Crippen molar-refractivity contribution in [2.24, 2.45) is 16.9 Å². The molecule has 98 valence electrons. The average Bonchev–Trinajstić information content (AvgIpc) is 2.59. The molecule has 1 fully saturated rings. The highest BCUT2D eigenvalue weighted by Gasteiger charge is 2.42. The van der Waals surface area contributed by atoms with Crippen molar-refractivity contribution in [1.29, 1.82) is 0 Å². The average molecular weight is 241 g/mol. The Morgan fingerprint density at radius 1 is 1.41 bits per heavy atom. The predicted octanol–water partition coefficient (Wildman–Crippen LogP) is 0.276. The largest absolute Gasteiger partial charge is 0.370 e. The van der Waals surface area contributed by atoms with Crippen LogP contribution in [0, 0.1) is 5.41 Å². The maximum Gasteiger partial charge on any atom is 0.227 e. The first-order chi connectivity index (χ1) is 7.97. The van der Waals surface area contributed by atoms with Crippen LogP contribution in [-0.2, 0) is 9.59 Å². The smallest absolute Gasteiger partial charge is 0.227 e. The third-order valence-electron chi connectivity index (χ3n) is 3.68. The molecule has 0 aromatic rings. The number of carbonyl (C=O) groups is 2. The van der Waals surface area contributed by atoms with Crippen molar-refractivity contribution in [2.75, 3.05) is 6.54 Å². The zero-order valence-electron chi connectivity index (χ0n) is 10.5. The Balaban J connectivity index is 2.23. The van der Waals surface area contributed by atoms with Gasteiger partial charge in [0.2, 0.25) is 11.8 Å². The molecule has 0 aromatic carbocycles. The lowest BCUT2D eigenvalue weighted by atomic mass is 9.84. The Labute approximate surface area is 102 Å². The summed E-state index contributed by atoms with van der Waals surface area (Å²) in [6.45, 7) is 2.53. The fourth-order valence-corrected chi connectivity index (χ4v) is 2.30. The molecular formula is C12H23N3O2. The molecule has 2 amide bonds. The van der Waals surface area contributed by atoms with E-state index >= 15 is 0 Å². The van der Waals surface area contributed by atoms with Gasteiger partial charge in [0, 0.05) is 19.0 Å². The van der Waals surface area contributed by atoms with Crippen molar-refractivity contribution < 1.29 is 9.59 Å².